The molecule has 0 aliphatic heterocycles. The van der Waals surface area contributed by atoms with Gasteiger partial charge >= 0.3 is 6.03 Å². The van der Waals surface area contributed by atoms with Gasteiger partial charge in [-0.2, -0.15) is 0 Å². The maximum absolute atomic E-state index is 12.3. The molecule has 1 saturated carbocycles. The lowest BCUT2D eigenvalue weighted by Crippen LogP contribution is -2.35. The molecule has 2 aromatic carbocycles. The number of carbonyl (C=O) groups is 1. The smallest absolute Gasteiger partial charge is 0.319 e. The van der Waals surface area contributed by atoms with Gasteiger partial charge in [-0.1, -0.05) is 42.5 Å². The zero-order valence-electron chi connectivity index (χ0n) is 14.2. The van der Waals surface area contributed by atoms with Gasteiger partial charge in [-0.25, -0.2) is 4.79 Å². The number of hydrogen-bond acceptors (Lipinski definition) is 2. The molecular formula is C20H24N2O2. The Morgan fingerprint density at radius 1 is 1.08 bits per heavy atom. The highest BCUT2D eigenvalue weighted by Crippen LogP contribution is 2.47. The molecule has 126 valence electrons. The van der Waals surface area contributed by atoms with Crippen molar-refractivity contribution >= 4 is 11.7 Å². The van der Waals surface area contributed by atoms with Crippen molar-refractivity contribution in [1.29, 1.82) is 0 Å². The van der Waals surface area contributed by atoms with E-state index in [1.807, 2.05) is 44.2 Å². The van der Waals surface area contributed by atoms with Gasteiger partial charge in [0.2, 0.25) is 0 Å². The molecule has 4 heteroatoms. The molecule has 1 aliphatic rings. The lowest BCUT2D eigenvalue weighted by molar-refractivity contribution is 0.241. The van der Waals surface area contributed by atoms with Crippen LogP contribution in [0, 0.1) is 0 Å². The van der Waals surface area contributed by atoms with Gasteiger partial charge in [-0.3, -0.25) is 0 Å². The van der Waals surface area contributed by atoms with E-state index in [2.05, 4.69) is 34.9 Å². The molecule has 0 aromatic heterocycles. The van der Waals surface area contributed by atoms with E-state index in [-0.39, 0.29) is 17.6 Å². The first-order valence-corrected chi connectivity index (χ1v) is 8.45. The topological polar surface area (TPSA) is 50.4 Å². The molecule has 4 nitrogen and oxygen atoms in total. The highest BCUT2D eigenvalue weighted by atomic mass is 16.5. The summed E-state index contributed by atoms with van der Waals surface area (Å²) in [5.41, 5.74) is 2.09. The van der Waals surface area contributed by atoms with Gasteiger partial charge in [0, 0.05) is 12.0 Å². The molecular weight excluding hydrogens is 300 g/mol. The number of hydrogen-bond donors (Lipinski definition) is 2. The number of amides is 2. The summed E-state index contributed by atoms with van der Waals surface area (Å²) in [4.78, 5) is 12.3. The predicted molar refractivity (Wildman–Crippen MR) is 96.6 cm³/mol. The Balaban J connectivity index is 1.59. The first-order chi connectivity index (χ1) is 11.6. The van der Waals surface area contributed by atoms with Crippen molar-refractivity contribution in [2.75, 3.05) is 11.9 Å². The highest BCUT2D eigenvalue weighted by Gasteiger charge is 2.44. The first-order valence-electron chi connectivity index (χ1n) is 8.45. The van der Waals surface area contributed by atoms with Crippen molar-refractivity contribution < 1.29 is 9.53 Å². The number of anilines is 1. The fraction of sp³-hybridized carbons (Fsp3) is 0.350. The molecule has 0 radical (unpaired) electrons. The second-order valence-corrected chi connectivity index (χ2v) is 6.62. The third kappa shape index (κ3) is 3.88. The van der Waals surface area contributed by atoms with Crippen molar-refractivity contribution in [3.8, 4) is 5.75 Å². The van der Waals surface area contributed by atoms with Crippen LogP contribution in [-0.2, 0) is 5.41 Å². The van der Waals surface area contributed by atoms with Crippen molar-refractivity contribution in [2.45, 2.75) is 38.2 Å². The summed E-state index contributed by atoms with van der Waals surface area (Å²) < 4.78 is 5.73. The Kier molecular flexibility index (Phi) is 4.74. The van der Waals surface area contributed by atoms with Gasteiger partial charge in [0.15, 0.2) is 0 Å². The summed E-state index contributed by atoms with van der Waals surface area (Å²) in [7, 11) is 0. The van der Waals surface area contributed by atoms with Gasteiger partial charge in [0.05, 0.1) is 11.8 Å². The van der Waals surface area contributed by atoms with Crippen molar-refractivity contribution in [3.05, 3.63) is 60.2 Å². The second kappa shape index (κ2) is 6.95. The minimum atomic E-state index is -0.197. The molecule has 24 heavy (non-hydrogen) atoms. The predicted octanol–water partition coefficient (Wildman–Crippen LogP) is 4.33. The number of carbonyl (C=O) groups excluding carboxylic acids is 1. The van der Waals surface area contributed by atoms with Crippen LogP contribution in [0.4, 0.5) is 10.5 Å². The fourth-order valence-electron chi connectivity index (χ4n) is 2.85. The molecule has 2 aromatic rings. The van der Waals surface area contributed by atoms with Crippen LogP contribution in [-0.4, -0.2) is 18.7 Å². The van der Waals surface area contributed by atoms with E-state index in [1.54, 1.807) is 0 Å². The van der Waals surface area contributed by atoms with Crippen LogP contribution < -0.4 is 15.4 Å². The zero-order valence-corrected chi connectivity index (χ0v) is 14.2. The van der Waals surface area contributed by atoms with E-state index < -0.39 is 0 Å². The molecule has 0 atom stereocenters. The quantitative estimate of drug-likeness (QED) is 0.831. The Morgan fingerprint density at radius 2 is 1.75 bits per heavy atom. The van der Waals surface area contributed by atoms with Crippen LogP contribution in [0.3, 0.4) is 0 Å². The van der Waals surface area contributed by atoms with Crippen LogP contribution in [0.25, 0.3) is 0 Å². The largest absolute Gasteiger partial charge is 0.489 e. The highest BCUT2D eigenvalue weighted by molar-refractivity contribution is 5.91. The van der Waals surface area contributed by atoms with Crippen LogP contribution in [0.15, 0.2) is 54.6 Å². The standard InChI is InChI=1S/C20H24N2O2/c1-15(2)24-18-11-7-6-10-17(18)22-19(23)21-14-20(12-13-20)16-8-4-3-5-9-16/h3-11,15H,12-14H2,1-2H3,(H2,21,22,23). The van der Waals surface area contributed by atoms with Crippen LogP contribution in [0.2, 0.25) is 0 Å². The lowest BCUT2D eigenvalue weighted by Gasteiger charge is -2.18. The normalized spacial score (nSPS) is 15.0. The average Bonchev–Trinajstić information content (AvgIpc) is 3.36. The number of para-hydroxylation sites is 2. The minimum absolute atomic E-state index is 0.0591. The van der Waals surface area contributed by atoms with Gasteiger partial charge in [-0.05, 0) is 44.4 Å². The molecule has 2 N–H and O–H groups in total. The third-order valence-electron chi connectivity index (χ3n) is 4.32. The van der Waals surface area contributed by atoms with Crippen LogP contribution >= 0.6 is 0 Å². The van der Waals surface area contributed by atoms with Gasteiger partial charge in [0.1, 0.15) is 5.75 Å². The van der Waals surface area contributed by atoms with Gasteiger partial charge < -0.3 is 15.4 Å². The van der Waals surface area contributed by atoms with E-state index in [4.69, 9.17) is 4.74 Å². The number of rotatable bonds is 6. The summed E-state index contributed by atoms with van der Waals surface area (Å²) in [6.45, 7) is 4.58. The molecule has 3 rings (SSSR count). The molecule has 1 aliphatic carbocycles. The SMILES string of the molecule is CC(C)Oc1ccccc1NC(=O)NCC1(c2ccccc2)CC1. The molecule has 1 fully saturated rings. The summed E-state index contributed by atoms with van der Waals surface area (Å²) in [5, 5.41) is 5.90. The molecule has 0 bridgehead atoms. The van der Waals surface area contributed by atoms with Gasteiger partial charge in [-0.15, -0.1) is 0 Å². The minimum Gasteiger partial charge on any atom is -0.489 e. The Bertz CT molecular complexity index is 694. The summed E-state index contributed by atoms with van der Waals surface area (Å²) in [5.74, 6) is 0.687. The van der Waals surface area contributed by atoms with Gasteiger partial charge in [0.25, 0.3) is 0 Å². The number of benzene rings is 2. The van der Waals surface area contributed by atoms with E-state index in [0.29, 0.717) is 18.0 Å². The van der Waals surface area contributed by atoms with Crippen molar-refractivity contribution in [3.63, 3.8) is 0 Å². The fourth-order valence-corrected chi connectivity index (χ4v) is 2.85. The number of urea groups is 1. The third-order valence-corrected chi connectivity index (χ3v) is 4.32. The lowest BCUT2D eigenvalue weighted by atomic mass is 9.96. The van der Waals surface area contributed by atoms with E-state index in [0.717, 1.165) is 12.8 Å². The van der Waals surface area contributed by atoms with Crippen LogP contribution in [0.1, 0.15) is 32.3 Å². The second-order valence-electron chi connectivity index (χ2n) is 6.62. The van der Waals surface area contributed by atoms with E-state index in [1.165, 1.54) is 5.56 Å². The van der Waals surface area contributed by atoms with Crippen molar-refractivity contribution in [2.24, 2.45) is 0 Å². The monoisotopic (exact) mass is 324 g/mol. The average molecular weight is 324 g/mol. The summed E-state index contributed by atoms with van der Waals surface area (Å²) >= 11 is 0. The molecule has 2 amide bonds. The molecule has 0 spiro atoms. The number of ether oxygens (including phenoxy) is 1. The van der Waals surface area contributed by atoms with E-state index >= 15 is 0 Å². The maximum Gasteiger partial charge on any atom is 0.319 e. The van der Waals surface area contributed by atoms with Crippen LogP contribution in [0.5, 0.6) is 5.75 Å². The Morgan fingerprint density at radius 3 is 2.42 bits per heavy atom. The molecule has 0 unspecified atom stereocenters. The van der Waals surface area contributed by atoms with Crippen molar-refractivity contribution in [1.82, 2.24) is 5.32 Å². The summed E-state index contributed by atoms with van der Waals surface area (Å²) in [6, 6.07) is 17.7. The zero-order chi connectivity index (χ0) is 17.0. The maximum atomic E-state index is 12.3. The molecule has 0 heterocycles. The Hall–Kier alpha value is -2.49. The summed E-state index contributed by atoms with van der Waals surface area (Å²) in [6.07, 6.45) is 2.29. The molecule has 0 saturated heterocycles. The Labute approximate surface area is 143 Å². The number of nitrogens with one attached hydrogen (secondary N) is 2. The first kappa shape index (κ1) is 16.4. The van der Waals surface area contributed by atoms with E-state index in [9.17, 15) is 4.79 Å².